The van der Waals surface area contributed by atoms with E-state index in [1.807, 2.05) is 18.2 Å². The molecule has 1 heteroatoms. The van der Waals surface area contributed by atoms with E-state index in [1.165, 1.54) is 22.3 Å². The van der Waals surface area contributed by atoms with Gasteiger partial charge in [0.2, 0.25) is 0 Å². The average molecular weight is 187 g/mol. The van der Waals surface area contributed by atoms with Crippen molar-refractivity contribution >= 4 is 11.6 Å². The standard InChI is InChI=1S/C12H7Cl/c13-9-4-1-3-8(7-9)12-10-5-2-6-11(10)12/h1-7H. The lowest BCUT2D eigenvalue weighted by Gasteiger charge is -1.92. The minimum Gasteiger partial charge on any atom is -0.0843 e. The Morgan fingerprint density at radius 1 is 0.846 bits per heavy atom. The summed E-state index contributed by atoms with van der Waals surface area (Å²) in [5, 5.41) is 0.806. The zero-order valence-corrected chi connectivity index (χ0v) is 7.68. The number of fused-ring (bicyclic) bond motifs is 1. The summed E-state index contributed by atoms with van der Waals surface area (Å²) in [6.07, 6.45) is 0. The van der Waals surface area contributed by atoms with Crippen LogP contribution >= 0.6 is 11.6 Å². The van der Waals surface area contributed by atoms with Gasteiger partial charge in [-0.25, -0.2) is 0 Å². The van der Waals surface area contributed by atoms with Gasteiger partial charge >= 0.3 is 0 Å². The molecule has 0 spiro atoms. The molecule has 0 aromatic heterocycles. The molecular weight excluding hydrogens is 180 g/mol. The van der Waals surface area contributed by atoms with Gasteiger partial charge in [-0.3, -0.25) is 0 Å². The van der Waals surface area contributed by atoms with Crippen LogP contribution in [0.3, 0.4) is 0 Å². The fraction of sp³-hybridized carbons (Fsp3) is 0. The zero-order valence-electron chi connectivity index (χ0n) is 6.92. The van der Waals surface area contributed by atoms with Crippen LogP contribution in [0, 0.1) is 0 Å². The SMILES string of the molecule is Clc1cccc(-c2c3cccc2-3)c1. The van der Waals surface area contributed by atoms with Crippen molar-refractivity contribution in [1.82, 2.24) is 0 Å². The topological polar surface area (TPSA) is 0 Å². The van der Waals surface area contributed by atoms with Crippen LogP contribution in [-0.2, 0) is 0 Å². The summed E-state index contributed by atoms with van der Waals surface area (Å²) in [6, 6.07) is 14.4. The van der Waals surface area contributed by atoms with E-state index in [2.05, 4.69) is 24.3 Å². The number of halogens is 1. The Morgan fingerprint density at radius 3 is 2.23 bits per heavy atom. The highest BCUT2D eigenvalue weighted by Gasteiger charge is 2.24. The second-order valence-corrected chi connectivity index (χ2v) is 3.67. The molecule has 0 saturated carbocycles. The highest BCUT2D eigenvalue weighted by atomic mass is 35.5. The first-order chi connectivity index (χ1) is 6.36. The van der Waals surface area contributed by atoms with E-state index in [4.69, 9.17) is 11.6 Å². The maximum absolute atomic E-state index is 5.91. The number of hydrogen-bond acceptors (Lipinski definition) is 0. The molecule has 3 rings (SSSR count). The van der Waals surface area contributed by atoms with Gasteiger partial charge in [0.25, 0.3) is 0 Å². The summed E-state index contributed by atoms with van der Waals surface area (Å²) in [5.74, 6) is 0. The Hall–Kier alpha value is -1.27. The molecule has 0 radical (unpaired) electrons. The smallest absolute Gasteiger partial charge is 0.0412 e. The Balaban J connectivity index is 2.15. The van der Waals surface area contributed by atoms with Gasteiger partial charge in [-0.2, -0.15) is 0 Å². The van der Waals surface area contributed by atoms with Crippen LogP contribution in [0.2, 0.25) is 5.02 Å². The van der Waals surface area contributed by atoms with Crippen LogP contribution in [0.1, 0.15) is 0 Å². The molecule has 0 fully saturated rings. The van der Waals surface area contributed by atoms with Crippen molar-refractivity contribution in [2.75, 3.05) is 0 Å². The third-order valence-corrected chi connectivity index (χ3v) is 2.64. The summed E-state index contributed by atoms with van der Waals surface area (Å²) >= 11 is 5.91. The molecule has 0 N–H and O–H groups in total. The van der Waals surface area contributed by atoms with Gasteiger partial charge in [0.05, 0.1) is 0 Å². The summed E-state index contributed by atoms with van der Waals surface area (Å²) < 4.78 is 0. The molecule has 13 heavy (non-hydrogen) atoms. The van der Waals surface area contributed by atoms with E-state index in [1.54, 1.807) is 0 Å². The predicted octanol–water partition coefficient (Wildman–Crippen LogP) is 3.99. The maximum Gasteiger partial charge on any atom is 0.0412 e. The van der Waals surface area contributed by atoms with Crippen molar-refractivity contribution in [1.29, 1.82) is 0 Å². The lowest BCUT2D eigenvalue weighted by Crippen LogP contribution is -1.67. The maximum atomic E-state index is 5.91. The molecule has 0 bridgehead atoms. The molecule has 0 amide bonds. The lowest BCUT2D eigenvalue weighted by atomic mass is 10.2. The Labute approximate surface area is 81.8 Å². The van der Waals surface area contributed by atoms with Crippen molar-refractivity contribution < 1.29 is 0 Å². The quantitative estimate of drug-likeness (QED) is 0.539. The van der Waals surface area contributed by atoms with Gasteiger partial charge in [-0.05, 0) is 34.4 Å². The van der Waals surface area contributed by atoms with E-state index in [-0.39, 0.29) is 0 Å². The summed E-state index contributed by atoms with van der Waals surface area (Å²) in [6.45, 7) is 0. The van der Waals surface area contributed by atoms with Crippen molar-refractivity contribution in [2.45, 2.75) is 0 Å². The van der Waals surface area contributed by atoms with E-state index < -0.39 is 0 Å². The Morgan fingerprint density at radius 2 is 1.54 bits per heavy atom. The van der Waals surface area contributed by atoms with Gasteiger partial charge < -0.3 is 0 Å². The van der Waals surface area contributed by atoms with Crippen molar-refractivity contribution in [3.63, 3.8) is 0 Å². The van der Waals surface area contributed by atoms with Gasteiger partial charge in [-0.15, -0.1) is 0 Å². The van der Waals surface area contributed by atoms with Crippen molar-refractivity contribution in [3.05, 3.63) is 47.5 Å². The summed E-state index contributed by atoms with van der Waals surface area (Å²) in [5.41, 5.74) is 5.35. The van der Waals surface area contributed by atoms with E-state index in [0.29, 0.717) is 0 Å². The Kier molecular flexibility index (Phi) is 1.30. The van der Waals surface area contributed by atoms with Crippen LogP contribution in [0.4, 0.5) is 0 Å². The van der Waals surface area contributed by atoms with Gasteiger partial charge in [0.1, 0.15) is 0 Å². The van der Waals surface area contributed by atoms with Crippen molar-refractivity contribution in [2.24, 2.45) is 0 Å². The summed E-state index contributed by atoms with van der Waals surface area (Å²) in [7, 11) is 0. The molecule has 0 saturated heterocycles. The van der Waals surface area contributed by atoms with Crippen LogP contribution < -0.4 is 0 Å². The fourth-order valence-electron chi connectivity index (χ4n) is 1.76. The van der Waals surface area contributed by atoms with Gasteiger partial charge in [0.15, 0.2) is 0 Å². The average Bonchev–Trinajstić information content (AvgIpc) is 2.61. The molecule has 62 valence electrons. The zero-order chi connectivity index (χ0) is 8.84. The predicted molar refractivity (Wildman–Crippen MR) is 55.9 cm³/mol. The first kappa shape index (κ1) is 7.16. The first-order valence-corrected chi connectivity index (χ1v) is 4.63. The molecule has 0 atom stereocenters. The molecule has 0 unspecified atom stereocenters. The van der Waals surface area contributed by atoms with Gasteiger partial charge in [-0.1, -0.05) is 41.9 Å². The minimum absolute atomic E-state index is 0.806. The molecule has 1 aromatic rings. The lowest BCUT2D eigenvalue weighted by molar-refractivity contribution is 1.70. The fourth-order valence-corrected chi connectivity index (χ4v) is 1.95. The molecular formula is C12H7Cl. The normalized spacial score (nSPS) is 11.5. The molecule has 0 heterocycles. The van der Waals surface area contributed by atoms with Crippen molar-refractivity contribution in [3.8, 4) is 22.3 Å². The van der Waals surface area contributed by atoms with Crippen LogP contribution in [0.25, 0.3) is 22.3 Å². The van der Waals surface area contributed by atoms with E-state index in [9.17, 15) is 0 Å². The monoisotopic (exact) mass is 186 g/mol. The third kappa shape index (κ3) is 0.991. The second kappa shape index (κ2) is 2.36. The third-order valence-electron chi connectivity index (χ3n) is 2.41. The Bertz CT molecular complexity index is 466. The largest absolute Gasteiger partial charge is 0.0843 e. The molecule has 2 aliphatic rings. The van der Waals surface area contributed by atoms with E-state index in [0.717, 1.165) is 5.02 Å². The summed E-state index contributed by atoms with van der Waals surface area (Å²) in [4.78, 5) is 0. The molecule has 0 nitrogen and oxygen atoms in total. The first-order valence-electron chi connectivity index (χ1n) is 4.25. The highest BCUT2D eigenvalue weighted by molar-refractivity contribution is 6.31. The van der Waals surface area contributed by atoms with E-state index >= 15 is 0 Å². The number of rotatable bonds is 1. The number of hydrogen-bond donors (Lipinski definition) is 0. The molecule has 2 aliphatic carbocycles. The van der Waals surface area contributed by atoms with Crippen LogP contribution in [-0.4, -0.2) is 0 Å². The second-order valence-electron chi connectivity index (χ2n) is 3.24. The molecule has 0 aliphatic heterocycles. The minimum atomic E-state index is 0.806. The highest BCUT2D eigenvalue weighted by Crippen LogP contribution is 2.50. The van der Waals surface area contributed by atoms with Crippen LogP contribution in [0.5, 0.6) is 0 Å². The number of benzene rings is 2. The molecule has 1 aromatic carbocycles. The van der Waals surface area contributed by atoms with Gasteiger partial charge in [0, 0.05) is 5.02 Å². The van der Waals surface area contributed by atoms with Crippen LogP contribution in [0.15, 0.2) is 42.5 Å².